The Balaban J connectivity index is 2.36. The van der Waals surface area contributed by atoms with Gasteiger partial charge in [-0.05, 0) is 13.5 Å². The van der Waals surface area contributed by atoms with Crippen LogP contribution in [0.2, 0.25) is 0 Å². The van der Waals surface area contributed by atoms with Crippen molar-refractivity contribution < 1.29 is 0 Å². The molecular formula is C10H21NS2. The van der Waals surface area contributed by atoms with Crippen molar-refractivity contribution >= 4 is 23.5 Å². The van der Waals surface area contributed by atoms with E-state index in [-0.39, 0.29) is 0 Å². The zero-order valence-electron chi connectivity index (χ0n) is 9.04. The molecule has 0 saturated carbocycles. The minimum absolute atomic E-state index is 0.664. The fourth-order valence-electron chi connectivity index (χ4n) is 1.52. The van der Waals surface area contributed by atoms with E-state index in [0.29, 0.717) is 6.04 Å². The Morgan fingerprint density at radius 2 is 2.08 bits per heavy atom. The highest BCUT2D eigenvalue weighted by molar-refractivity contribution is 8.07. The van der Waals surface area contributed by atoms with E-state index in [4.69, 9.17) is 0 Å². The first-order chi connectivity index (χ1) is 6.15. The Labute approximate surface area is 90.8 Å². The number of rotatable bonds is 3. The van der Waals surface area contributed by atoms with E-state index >= 15 is 0 Å². The molecule has 0 aromatic rings. The summed E-state index contributed by atoms with van der Waals surface area (Å²) in [6, 6.07) is 0.664. The van der Waals surface area contributed by atoms with E-state index in [1.54, 1.807) is 0 Å². The van der Waals surface area contributed by atoms with Gasteiger partial charge in [-0.25, -0.2) is 0 Å². The molecule has 0 aromatic carbocycles. The van der Waals surface area contributed by atoms with Crippen LogP contribution in [0.5, 0.6) is 0 Å². The van der Waals surface area contributed by atoms with E-state index in [2.05, 4.69) is 56.5 Å². The van der Waals surface area contributed by atoms with Crippen LogP contribution in [0, 0.1) is 0 Å². The molecule has 0 aliphatic carbocycles. The van der Waals surface area contributed by atoms with Gasteiger partial charge in [-0.3, -0.25) is 0 Å². The van der Waals surface area contributed by atoms with Crippen LogP contribution in [-0.4, -0.2) is 34.1 Å². The Morgan fingerprint density at radius 3 is 2.62 bits per heavy atom. The maximum absolute atomic E-state index is 3.52. The van der Waals surface area contributed by atoms with Crippen molar-refractivity contribution in [1.82, 2.24) is 5.32 Å². The molecule has 1 nitrogen and oxygen atoms in total. The molecule has 0 amide bonds. The second kappa shape index (κ2) is 5.52. The van der Waals surface area contributed by atoms with Gasteiger partial charge < -0.3 is 5.32 Å². The summed E-state index contributed by atoms with van der Waals surface area (Å²) in [7, 11) is 0. The summed E-state index contributed by atoms with van der Waals surface area (Å²) in [4.78, 5) is 0. The molecule has 1 aliphatic heterocycles. The van der Waals surface area contributed by atoms with E-state index in [0.717, 1.165) is 22.3 Å². The van der Waals surface area contributed by atoms with Gasteiger partial charge in [-0.15, -0.1) is 0 Å². The second-order valence-electron chi connectivity index (χ2n) is 3.76. The van der Waals surface area contributed by atoms with Crippen LogP contribution in [0.4, 0.5) is 0 Å². The van der Waals surface area contributed by atoms with Crippen LogP contribution < -0.4 is 5.32 Å². The van der Waals surface area contributed by atoms with Crippen LogP contribution in [0.15, 0.2) is 0 Å². The van der Waals surface area contributed by atoms with Crippen molar-refractivity contribution in [1.29, 1.82) is 0 Å². The van der Waals surface area contributed by atoms with Crippen molar-refractivity contribution in [3.05, 3.63) is 0 Å². The Morgan fingerprint density at radius 1 is 1.38 bits per heavy atom. The number of nitrogens with one attached hydrogen (secondary N) is 1. The molecule has 0 radical (unpaired) electrons. The lowest BCUT2D eigenvalue weighted by Crippen LogP contribution is -2.41. The molecule has 0 bridgehead atoms. The van der Waals surface area contributed by atoms with Crippen LogP contribution in [-0.2, 0) is 0 Å². The maximum atomic E-state index is 3.52. The standard InChI is InChI=1S/C10H21NS2/c1-5-11-7(2)10-6-12-8(3)9(4)13-10/h7-11H,5-6H2,1-4H3. The van der Waals surface area contributed by atoms with Gasteiger partial charge in [0.1, 0.15) is 0 Å². The first-order valence-corrected chi connectivity index (χ1v) is 7.14. The average Bonchev–Trinajstić information content (AvgIpc) is 2.10. The first-order valence-electron chi connectivity index (χ1n) is 5.15. The minimum atomic E-state index is 0.664. The van der Waals surface area contributed by atoms with Gasteiger partial charge in [0.05, 0.1) is 0 Å². The Hall–Kier alpha value is 0.660. The maximum Gasteiger partial charge on any atom is 0.0292 e. The second-order valence-corrected chi connectivity index (χ2v) is 6.80. The summed E-state index contributed by atoms with van der Waals surface area (Å²) >= 11 is 4.29. The molecule has 78 valence electrons. The lowest BCUT2D eigenvalue weighted by atomic mass is 10.2. The van der Waals surface area contributed by atoms with E-state index in [9.17, 15) is 0 Å². The number of hydrogen-bond acceptors (Lipinski definition) is 3. The fraction of sp³-hybridized carbons (Fsp3) is 1.00. The highest BCUT2D eigenvalue weighted by Crippen LogP contribution is 2.36. The molecule has 1 heterocycles. The quantitative estimate of drug-likeness (QED) is 0.784. The SMILES string of the molecule is CCNC(C)C1CSC(C)C(C)S1. The summed E-state index contributed by atoms with van der Waals surface area (Å²) < 4.78 is 0. The third-order valence-electron chi connectivity index (χ3n) is 2.66. The number of hydrogen-bond donors (Lipinski definition) is 1. The molecular weight excluding hydrogens is 198 g/mol. The van der Waals surface area contributed by atoms with Gasteiger partial charge in [0.15, 0.2) is 0 Å². The molecule has 0 spiro atoms. The van der Waals surface area contributed by atoms with Gasteiger partial charge in [-0.1, -0.05) is 20.8 Å². The normalized spacial score (nSPS) is 37.4. The zero-order valence-corrected chi connectivity index (χ0v) is 10.7. The highest BCUT2D eigenvalue weighted by Gasteiger charge is 2.28. The largest absolute Gasteiger partial charge is 0.313 e. The Bertz CT molecular complexity index is 152. The van der Waals surface area contributed by atoms with Crippen molar-refractivity contribution in [2.75, 3.05) is 12.3 Å². The third kappa shape index (κ3) is 3.37. The summed E-state index contributed by atoms with van der Waals surface area (Å²) in [6.07, 6.45) is 0. The van der Waals surface area contributed by atoms with Crippen LogP contribution in [0.1, 0.15) is 27.7 Å². The molecule has 0 aromatic heterocycles. The predicted molar refractivity (Wildman–Crippen MR) is 65.9 cm³/mol. The van der Waals surface area contributed by atoms with E-state index in [1.807, 2.05) is 0 Å². The monoisotopic (exact) mass is 219 g/mol. The van der Waals surface area contributed by atoms with Gasteiger partial charge >= 0.3 is 0 Å². The topological polar surface area (TPSA) is 12.0 Å². The highest BCUT2D eigenvalue weighted by atomic mass is 32.2. The van der Waals surface area contributed by atoms with Gasteiger partial charge in [-0.2, -0.15) is 23.5 Å². The van der Waals surface area contributed by atoms with E-state index in [1.165, 1.54) is 5.75 Å². The fourth-order valence-corrected chi connectivity index (χ4v) is 4.66. The van der Waals surface area contributed by atoms with Gasteiger partial charge in [0.2, 0.25) is 0 Å². The summed E-state index contributed by atoms with van der Waals surface area (Å²) in [5.41, 5.74) is 0. The molecule has 4 atom stereocenters. The lowest BCUT2D eigenvalue weighted by molar-refractivity contribution is 0.563. The zero-order chi connectivity index (χ0) is 9.84. The summed E-state index contributed by atoms with van der Waals surface area (Å²) in [6.45, 7) is 10.3. The van der Waals surface area contributed by atoms with Crippen LogP contribution in [0.25, 0.3) is 0 Å². The van der Waals surface area contributed by atoms with Crippen molar-refractivity contribution in [3.8, 4) is 0 Å². The summed E-state index contributed by atoms with van der Waals surface area (Å²) in [5.74, 6) is 1.31. The first kappa shape index (κ1) is 11.7. The van der Waals surface area contributed by atoms with Gasteiger partial charge in [0, 0.05) is 27.5 Å². The molecule has 1 fully saturated rings. The molecule has 1 saturated heterocycles. The molecule has 1 aliphatic rings. The molecule has 1 N–H and O–H groups in total. The van der Waals surface area contributed by atoms with Crippen LogP contribution >= 0.6 is 23.5 Å². The number of thioether (sulfide) groups is 2. The smallest absolute Gasteiger partial charge is 0.0292 e. The molecule has 3 heteroatoms. The molecule has 1 rings (SSSR count). The van der Waals surface area contributed by atoms with Gasteiger partial charge in [0.25, 0.3) is 0 Å². The average molecular weight is 219 g/mol. The van der Waals surface area contributed by atoms with Crippen molar-refractivity contribution in [2.45, 2.75) is 49.5 Å². The minimum Gasteiger partial charge on any atom is -0.313 e. The van der Waals surface area contributed by atoms with Crippen molar-refractivity contribution in [3.63, 3.8) is 0 Å². The molecule has 4 unspecified atom stereocenters. The lowest BCUT2D eigenvalue weighted by Gasteiger charge is -2.34. The third-order valence-corrected chi connectivity index (χ3v) is 6.29. The van der Waals surface area contributed by atoms with E-state index < -0.39 is 0 Å². The Kier molecular flexibility index (Phi) is 4.98. The van der Waals surface area contributed by atoms with Crippen molar-refractivity contribution in [2.24, 2.45) is 0 Å². The predicted octanol–water partition coefficient (Wildman–Crippen LogP) is 2.61. The molecule has 13 heavy (non-hydrogen) atoms. The summed E-state index contributed by atoms with van der Waals surface area (Å²) in [5, 5.41) is 5.96. The van der Waals surface area contributed by atoms with Crippen LogP contribution in [0.3, 0.4) is 0 Å².